The van der Waals surface area contributed by atoms with Crippen LogP contribution in [0.5, 0.6) is 0 Å². The van der Waals surface area contributed by atoms with Gasteiger partial charge in [0.1, 0.15) is 0 Å². The van der Waals surface area contributed by atoms with Crippen molar-refractivity contribution in [1.82, 2.24) is 14.9 Å². The van der Waals surface area contributed by atoms with Gasteiger partial charge in [-0.1, -0.05) is 6.42 Å². The van der Waals surface area contributed by atoms with Gasteiger partial charge >= 0.3 is 0 Å². The Morgan fingerprint density at radius 2 is 2.06 bits per heavy atom. The van der Waals surface area contributed by atoms with Crippen LogP contribution in [0.3, 0.4) is 0 Å². The van der Waals surface area contributed by atoms with E-state index in [9.17, 15) is 8.42 Å². The molecule has 1 aliphatic rings. The lowest BCUT2D eigenvalue weighted by Crippen LogP contribution is -2.44. The van der Waals surface area contributed by atoms with Gasteiger partial charge in [0, 0.05) is 12.6 Å². The molecule has 0 aromatic rings. The molecule has 108 valence electrons. The maximum absolute atomic E-state index is 11.8. The minimum Gasteiger partial charge on any atom is -0.320 e. The van der Waals surface area contributed by atoms with E-state index in [0.717, 1.165) is 32.4 Å². The van der Waals surface area contributed by atoms with Crippen LogP contribution < -0.4 is 10.0 Å². The highest BCUT2D eigenvalue weighted by atomic mass is 32.2. The van der Waals surface area contributed by atoms with Crippen LogP contribution >= 0.6 is 0 Å². The highest BCUT2D eigenvalue weighted by molar-refractivity contribution is 7.89. The van der Waals surface area contributed by atoms with E-state index in [1.165, 1.54) is 12.8 Å². The molecule has 1 atom stereocenters. The summed E-state index contributed by atoms with van der Waals surface area (Å²) in [6.45, 7) is 2.51. The Bertz CT molecular complexity index is 319. The normalized spacial score (nSPS) is 22.2. The molecular formula is C12H27N3O2S. The van der Waals surface area contributed by atoms with Crippen molar-refractivity contribution in [1.29, 1.82) is 0 Å². The quantitative estimate of drug-likeness (QED) is 0.630. The third kappa shape index (κ3) is 6.13. The molecule has 1 unspecified atom stereocenters. The second-order valence-corrected chi connectivity index (χ2v) is 7.03. The molecule has 18 heavy (non-hydrogen) atoms. The lowest BCUT2D eigenvalue weighted by molar-refractivity contribution is 0.187. The largest absolute Gasteiger partial charge is 0.320 e. The number of hydrogen-bond acceptors (Lipinski definition) is 4. The fraction of sp³-hybridized carbons (Fsp3) is 1.00. The Hall–Kier alpha value is -0.170. The summed E-state index contributed by atoms with van der Waals surface area (Å²) in [5.74, 6) is 0.241. The number of hydrogen-bond donors (Lipinski definition) is 2. The third-order valence-electron chi connectivity index (χ3n) is 3.55. The average molecular weight is 277 g/mol. The molecule has 0 aromatic heterocycles. The van der Waals surface area contributed by atoms with Gasteiger partial charge in [-0.25, -0.2) is 13.1 Å². The summed E-state index contributed by atoms with van der Waals surface area (Å²) in [7, 11) is 0.866. The molecule has 1 fully saturated rings. The number of unbranched alkanes of at least 4 members (excludes halogenated alkanes) is 1. The van der Waals surface area contributed by atoms with E-state index >= 15 is 0 Å². The van der Waals surface area contributed by atoms with E-state index in [2.05, 4.69) is 22.0 Å². The first-order chi connectivity index (χ1) is 8.55. The van der Waals surface area contributed by atoms with Crippen molar-refractivity contribution in [3.05, 3.63) is 0 Å². The zero-order valence-electron chi connectivity index (χ0n) is 11.6. The van der Waals surface area contributed by atoms with Crippen LogP contribution in [0, 0.1) is 0 Å². The highest BCUT2D eigenvalue weighted by Crippen LogP contribution is 2.14. The van der Waals surface area contributed by atoms with Gasteiger partial charge in [-0.2, -0.15) is 0 Å². The fourth-order valence-electron chi connectivity index (χ4n) is 2.29. The summed E-state index contributed by atoms with van der Waals surface area (Å²) in [5, 5.41) is 3.02. The first kappa shape index (κ1) is 15.9. The number of nitrogens with one attached hydrogen (secondary N) is 2. The predicted octanol–water partition coefficient (Wildman–Crippen LogP) is 0.390. The van der Waals surface area contributed by atoms with Gasteiger partial charge in [-0.05, 0) is 52.9 Å². The Kier molecular flexibility index (Phi) is 7.14. The number of likely N-dealkylation sites (N-methyl/N-ethyl adjacent to an activating group) is 1. The van der Waals surface area contributed by atoms with Gasteiger partial charge in [0.05, 0.1) is 5.75 Å². The molecule has 0 spiro atoms. The molecule has 0 radical (unpaired) electrons. The molecule has 0 aliphatic carbocycles. The fourth-order valence-corrected chi connectivity index (χ4v) is 3.47. The van der Waals surface area contributed by atoms with E-state index < -0.39 is 10.0 Å². The van der Waals surface area contributed by atoms with Gasteiger partial charge in [0.25, 0.3) is 0 Å². The van der Waals surface area contributed by atoms with Crippen LogP contribution in [-0.4, -0.2) is 58.8 Å². The summed E-state index contributed by atoms with van der Waals surface area (Å²) in [6, 6.07) is 0.367. The summed E-state index contributed by atoms with van der Waals surface area (Å²) >= 11 is 0. The van der Waals surface area contributed by atoms with E-state index in [0.29, 0.717) is 12.6 Å². The van der Waals surface area contributed by atoms with E-state index in [1.54, 1.807) is 0 Å². The van der Waals surface area contributed by atoms with Crippen LogP contribution in [0.4, 0.5) is 0 Å². The molecule has 1 saturated heterocycles. The highest BCUT2D eigenvalue weighted by Gasteiger charge is 2.20. The maximum Gasteiger partial charge on any atom is 0.211 e. The van der Waals surface area contributed by atoms with Gasteiger partial charge in [-0.3, -0.25) is 0 Å². The van der Waals surface area contributed by atoms with Crippen LogP contribution in [0.25, 0.3) is 0 Å². The smallest absolute Gasteiger partial charge is 0.211 e. The SMILES string of the molecule is CNCCCCS(=O)(=O)NCC1CCCCN1C. The van der Waals surface area contributed by atoms with Crippen LogP contribution in [0.15, 0.2) is 0 Å². The molecule has 0 amide bonds. The van der Waals surface area contributed by atoms with Gasteiger partial charge in [0.2, 0.25) is 10.0 Å². The topological polar surface area (TPSA) is 61.4 Å². The Balaban J connectivity index is 2.23. The molecule has 0 aromatic carbocycles. The zero-order chi connectivity index (χ0) is 13.4. The molecule has 1 aliphatic heterocycles. The van der Waals surface area contributed by atoms with Crippen molar-refractivity contribution >= 4 is 10.0 Å². The van der Waals surface area contributed by atoms with Gasteiger partial charge < -0.3 is 10.2 Å². The van der Waals surface area contributed by atoms with Gasteiger partial charge in [-0.15, -0.1) is 0 Å². The minimum atomic E-state index is -3.09. The van der Waals surface area contributed by atoms with Crippen molar-refractivity contribution < 1.29 is 8.42 Å². The molecule has 5 nitrogen and oxygen atoms in total. The van der Waals surface area contributed by atoms with Crippen LogP contribution in [0.2, 0.25) is 0 Å². The van der Waals surface area contributed by atoms with E-state index in [-0.39, 0.29) is 5.75 Å². The molecule has 0 bridgehead atoms. The summed E-state index contributed by atoms with van der Waals surface area (Å²) < 4.78 is 26.3. The number of rotatable bonds is 8. The predicted molar refractivity (Wildman–Crippen MR) is 75.2 cm³/mol. The van der Waals surface area contributed by atoms with Crippen molar-refractivity contribution in [2.45, 2.75) is 38.1 Å². The molecule has 1 rings (SSSR count). The Labute approximate surface area is 111 Å². The second-order valence-electron chi connectivity index (χ2n) is 5.11. The van der Waals surface area contributed by atoms with Crippen molar-refractivity contribution in [3.63, 3.8) is 0 Å². The first-order valence-corrected chi connectivity index (χ1v) is 8.52. The summed E-state index contributed by atoms with van der Waals surface area (Å²) in [4.78, 5) is 2.26. The monoisotopic (exact) mass is 277 g/mol. The van der Waals surface area contributed by atoms with Crippen LogP contribution in [-0.2, 0) is 10.0 Å². The molecule has 1 heterocycles. The lowest BCUT2D eigenvalue weighted by atomic mass is 10.0. The number of likely N-dealkylation sites (tertiary alicyclic amines) is 1. The Morgan fingerprint density at radius 3 is 2.72 bits per heavy atom. The number of sulfonamides is 1. The first-order valence-electron chi connectivity index (χ1n) is 6.87. The molecule has 6 heteroatoms. The van der Waals surface area contributed by atoms with Crippen molar-refractivity contribution in [2.75, 3.05) is 39.5 Å². The number of piperidine rings is 1. The molecular weight excluding hydrogens is 250 g/mol. The molecule has 0 saturated carbocycles. The lowest BCUT2D eigenvalue weighted by Gasteiger charge is -2.32. The standard InChI is InChI=1S/C12H27N3O2S/c1-13-8-4-6-10-18(16,17)14-11-12-7-3-5-9-15(12)2/h12-14H,3-11H2,1-2H3. The minimum absolute atomic E-state index is 0.241. The summed E-state index contributed by atoms with van der Waals surface area (Å²) in [6.07, 6.45) is 5.15. The van der Waals surface area contributed by atoms with E-state index in [4.69, 9.17) is 0 Å². The second kappa shape index (κ2) is 8.09. The average Bonchev–Trinajstić information content (AvgIpc) is 2.34. The molecule has 2 N–H and O–H groups in total. The summed E-state index contributed by atoms with van der Waals surface area (Å²) in [5.41, 5.74) is 0. The maximum atomic E-state index is 11.8. The third-order valence-corrected chi connectivity index (χ3v) is 4.98. The number of nitrogens with zero attached hydrogens (tertiary/aromatic N) is 1. The van der Waals surface area contributed by atoms with Crippen LogP contribution in [0.1, 0.15) is 32.1 Å². The van der Waals surface area contributed by atoms with Crippen molar-refractivity contribution in [2.24, 2.45) is 0 Å². The van der Waals surface area contributed by atoms with Gasteiger partial charge in [0.15, 0.2) is 0 Å². The Morgan fingerprint density at radius 1 is 1.28 bits per heavy atom. The zero-order valence-corrected chi connectivity index (χ0v) is 12.4. The van der Waals surface area contributed by atoms with E-state index in [1.807, 2.05) is 7.05 Å². The van der Waals surface area contributed by atoms with Crippen molar-refractivity contribution in [3.8, 4) is 0 Å².